The van der Waals surface area contributed by atoms with E-state index < -0.39 is 16.0 Å². The van der Waals surface area contributed by atoms with Gasteiger partial charge in [0.2, 0.25) is 10.0 Å². The molecule has 8 heteroatoms. The fourth-order valence-corrected chi connectivity index (χ4v) is 3.42. The van der Waals surface area contributed by atoms with Crippen LogP contribution >= 0.6 is 11.3 Å². The molecule has 0 aliphatic heterocycles. The van der Waals surface area contributed by atoms with Gasteiger partial charge in [-0.3, -0.25) is 0 Å². The molecular formula is C11H17NO5S2. The molecule has 0 saturated heterocycles. The first-order chi connectivity index (χ1) is 8.83. The standard InChI is InChI=1S/C11H17NO5S2/c1-8(2)6-17-4-3-12-19(15,16)10-5-9(7-18-10)11(13)14/h5,7-8,12H,3-4,6H2,1-2H3,(H,13,14). The van der Waals surface area contributed by atoms with Crippen molar-refractivity contribution in [2.75, 3.05) is 19.8 Å². The molecule has 1 rings (SSSR count). The van der Waals surface area contributed by atoms with Gasteiger partial charge in [-0.15, -0.1) is 11.3 Å². The molecule has 0 aliphatic rings. The van der Waals surface area contributed by atoms with E-state index in [2.05, 4.69) is 4.72 Å². The SMILES string of the molecule is CC(C)COCCNS(=O)(=O)c1cc(C(=O)O)cs1. The monoisotopic (exact) mass is 307 g/mol. The van der Waals surface area contributed by atoms with Gasteiger partial charge in [0.25, 0.3) is 0 Å². The molecule has 1 aromatic rings. The van der Waals surface area contributed by atoms with Crippen LogP contribution in [0.2, 0.25) is 0 Å². The lowest BCUT2D eigenvalue weighted by molar-refractivity contribution is 0.0697. The normalized spacial score (nSPS) is 11.9. The van der Waals surface area contributed by atoms with Crippen LogP contribution in [0, 0.1) is 5.92 Å². The highest BCUT2D eigenvalue weighted by Gasteiger charge is 2.18. The summed E-state index contributed by atoms with van der Waals surface area (Å²) in [5.41, 5.74) is -0.0265. The second kappa shape index (κ2) is 6.99. The van der Waals surface area contributed by atoms with E-state index in [4.69, 9.17) is 9.84 Å². The van der Waals surface area contributed by atoms with Crippen molar-refractivity contribution in [3.8, 4) is 0 Å². The minimum Gasteiger partial charge on any atom is -0.478 e. The molecule has 0 saturated carbocycles. The summed E-state index contributed by atoms with van der Waals surface area (Å²) >= 11 is 0.881. The Morgan fingerprint density at radius 2 is 2.21 bits per heavy atom. The summed E-state index contributed by atoms with van der Waals surface area (Å²) in [6, 6.07) is 1.14. The van der Waals surface area contributed by atoms with Crippen LogP contribution in [0.15, 0.2) is 15.7 Å². The Bertz CT molecular complexity index is 521. The minimum absolute atomic E-state index is 0.00578. The molecule has 2 N–H and O–H groups in total. The first-order valence-corrected chi connectivity index (χ1v) is 8.08. The zero-order valence-corrected chi connectivity index (χ0v) is 12.4. The molecule has 0 spiro atoms. The van der Waals surface area contributed by atoms with Crippen molar-refractivity contribution in [1.29, 1.82) is 0 Å². The molecule has 0 aliphatic carbocycles. The number of ether oxygens (including phenoxy) is 1. The average molecular weight is 307 g/mol. The number of hydrogen-bond acceptors (Lipinski definition) is 5. The molecule has 0 atom stereocenters. The molecule has 0 fully saturated rings. The van der Waals surface area contributed by atoms with Crippen LogP contribution in [-0.4, -0.2) is 39.3 Å². The molecular weight excluding hydrogens is 290 g/mol. The van der Waals surface area contributed by atoms with Gasteiger partial charge < -0.3 is 9.84 Å². The molecule has 108 valence electrons. The Hall–Kier alpha value is -0.960. The summed E-state index contributed by atoms with van der Waals surface area (Å²) < 4.78 is 31.2. The topological polar surface area (TPSA) is 92.7 Å². The smallest absolute Gasteiger partial charge is 0.336 e. The van der Waals surface area contributed by atoms with Crippen molar-refractivity contribution in [3.05, 3.63) is 17.0 Å². The van der Waals surface area contributed by atoms with Gasteiger partial charge in [-0.1, -0.05) is 13.8 Å². The molecule has 0 aromatic carbocycles. The van der Waals surface area contributed by atoms with E-state index in [1.54, 1.807) is 0 Å². The van der Waals surface area contributed by atoms with Gasteiger partial charge in [-0.25, -0.2) is 17.9 Å². The molecule has 0 radical (unpaired) electrons. The van der Waals surface area contributed by atoms with Crippen LogP contribution in [0.25, 0.3) is 0 Å². The lowest BCUT2D eigenvalue weighted by atomic mass is 10.2. The predicted molar refractivity (Wildman–Crippen MR) is 72.1 cm³/mol. The van der Waals surface area contributed by atoms with Crippen LogP contribution in [0.4, 0.5) is 0 Å². The van der Waals surface area contributed by atoms with Crippen molar-refractivity contribution >= 4 is 27.3 Å². The summed E-state index contributed by atoms with van der Waals surface area (Å²) in [5.74, 6) is -0.745. The van der Waals surface area contributed by atoms with Crippen molar-refractivity contribution in [2.24, 2.45) is 5.92 Å². The van der Waals surface area contributed by atoms with Crippen molar-refractivity contribution in [1.82, 2.24) is 4.72 Å². The second-order valence-corrected chi connectivity index (χ2v) is 7.23. The molecule has 6 nitrogen and oxygen atoms in total. The number of sulfonamides is 1. The highest BCUT2D eigenvalue weighted by atomic mass is 32.2. The molecule has 19 heavy (non-hydrogen) atoms. The van der Waals surface area contributed by atoms with Gasteiger partial charge in [0.05, 0.1) is 12.2 Å². The van der Waals surface area contributed by atoms with Crippen molar-refractivity contribution in [2.45, 2.75) is 18.1 Å². The minimum atomic E-state index is -3.65. The molecule has 0 bridgehead atoms. The Morgan fingerprint density at radius 1 is 1.53 bits per heavy atom. The van der Waals surface area contributed by atoms with Gasteiger partial charge in [0, 0.05) is 18.5 Å². The van der Waals surface area contributed by atoms with Crippen LogP contribution in [-0.2, 0) is 14.8 Å². The van der Waals surface area contributed by atoms with Crippen LogP contribution < -0.4 is 4.72 Å². The number of nitrogens with one attached hydrogen (secondary N) is 1. The Balaban J connectivity index is 2.49. The number of carbonyl (C=O) groups is 1. The van der Waals surface area contributed by atoms with E-state index in [0.29, 0.717) is 12.5 Å². The quantitative estimate of drug-likeness (QED) is 0.708. The summed E-state index contributed by atoms with van der Waals surface area (Å²) in [6.07, 6.45) is 0. The van der Waals surface area contributed by atoms with Crippen LogP contribution in [0.5, 0.6) is 0 Å². The maximum Gasteiger partial charge on any atom is 0.336 e. The van der Waals surface area contributed by atoms with Gasteiger partial charge in [0.15, 0.2) is 0 Å². The lowest BCUT2D eigenvalue weighted by Crippen LogP contribution is -2.27. The second-order valence-electron chi connectivity index (χ2n) is 4.33. The van der Waals surface area contributed by atoms with E-state index in [9.17, 15) is 13.2 Å². The van der Waals surface area contributed by atoms with Crippen molar-refractivity contribution < 1.29 is 23.1 Å². The fourth-order valence-electron chi connectivity index (χ4n) is 1.21. The first kappa shape index (κ1) is 16.1. The zero-order valence-electron chi connectivity index (χ0n) is 10.8. The third kappa shape index (κ3) is 5.27. The number of carboxylic acid groups (broad SMARTS) is 1. The number of carboxylic acids is 1. The molecule has 0 unspecified atom stereocenters. The third-order valence-corrected chi connectivity index (χ3v) is 4.98. The Labute approximate surface area is 116 Å². The van der Waals surface area contributed by atoms with Gasteiger partial charge in [-0.2, -0.15) is 0 Å². The Kier molecular flexibility index (Phi) is 5.92. The number of rotatable bonds is 8. The number of hydrogen-bond donors (Lipinski definition) is 2. The van der Waals surface area contributed by atoms with E-state index in [1.165, 1.54) is 5.38 Å². The molecule has 1 heterocycles. The van der Waals surface area contributed by atoms with Gasteiger partial charge >= 0.3 is 5.97 Å². The molecule has 1 aromatic heterocycles. The highest BCUT2D eigenvalue weighted by Crippen LogP contribution is 2.19. The summed E-state index contributed by atoms with van der Waals surface area (Å²) in [7, 11) is -3.65. The van der Waals surface area contributed by atoms with E-state index in [0.717, 1.165) is 17.4 Å². The molecule has 0 amide bonds. The van der Waals surface area contributed by atoms with E-state index >= 15 is 0 Å². The average Bonchev–Trinajstić information content (AvgIpc) is 2.77. The van der Waals surface area contributed by atoms with Crippen LogP contribution in [0.1, 0.15) is 24.2 Å². The van der Waals surface area contributed by atoms with E-state index in [1.807, 2.05) is 13.8 Å². The number of thiophene rings is 1. The largest absolute Gasteiger partial charge is 0.478 e. The van der Waals surface area contributed by atoms with Crippen LogP contribution in [0.3, 0.4) is 0 Å². The highest BCUT2D eigenvalue weighted by molar-refractivity contribution is 7.91. The summed E-state index contributed by atoms with van der Waals surface area (Å²) in [5, 5.41) is 10.0. The van der Waals surface area contributed by atoms with E-state index in [-0.39, 0.29) is 22.9 Å². The fraction of sp³-hybridized carbons (Fsp3) is 0.545. The third-order valence-electron chi connectivity index (χ3n) is 2.08. The lowest BCUT2D eigenvalue weighted by Gasteiger charge is -2.07. The first-order valence-electron chi connectivity index (χ1n) is 5.72. The Morgan fingerprint density at radius 3 is 2.74 bits per heavy atom. The predicted octanol–water partition coefficient (Wildman–Crippen LogP) is 1.40. The maximum absolute atomic E-state index is 11.8. The van der Waals surface area contributed by atoms with Gasteiger partial charge in [-0.05, 0) is 12.0 Å². The summed E-state index contributed by atoms with van der Waals surface area (Å²) in [4.78, 5) is 10.7. The van der Waals surface area contributed by atoms with Crippen molar-refractivity contribution in [3.63, 3.8) is 0 Å². The summed E-state index contributed by atoms with van der Waals surface area (Å²) in [6.45, 7) is 5.03. The zero-order chi connectivity index (χ0) is 14.5. The van der Waals surface area contributed by atoms with Gasteiger partial charge in [0.1, 0.15) is 4.21 Å². The maximum atomic E-state index is 11.8. The number of aromatic carboxylic acids is 1.